The van der Waals surface area contributed by atoms with Gasteiger partial charge in [-0.1, -0.05) is 158 Å². The average molecular weight is 703 g/mol. The third kappa shape index (κ3) is 7.48. The zero-order chi connectivity index (χ0) is 36.9. The number of allylic oxidation sites excluding steroid dienone is 8. The second-order valence-corrected chi connectivity index (χ2v) is 14.8. The summed E-state index contributed by atoms with van der Waals surface area (Å²) in [6.07, 6.45) is 19.5. The van der Waals surface area contributed by atoms with Crippen LogP contribution in [0.3, 0.4) is 0 Å². The van der Waals surface area contributed by atoms with Gasteiger partial charge in [0.05, 0.1) is 0 Å². The molecule has 3 aliphatic rings. The number of para-hydroxylation sites is 1. The van der Waals surface area contributed by atoms with Crippen LogP contribution in [0.1, 0.15) is 40.0 Å². The van der Waals surface area contributed by atoms with Gasteiger partial charge >= 0.3 is 0 Å². The van der Waals surface area contributed by atoms with Gasteiger partial charge in [0.2, 0.25) is 0 Å². The molecule has 268 valence electrons. The third-order valence-electron chi connectivity index (χ3n) is 11.6. The van der Waals surface area contributed by atoms with Crippen molar-refractivity contribution < 1.29 is 0 Å². The summed E-state index contributed by atoms with van der Waals surface area (Å²) < 4.78 is 0. The predicted molar refractivity (Wildman–Crippen MR) is 232 cm³/mol. The first-order chi connectivity index (χ1) is 26.6. The van der Waals surface area contributed by atoms with Gasteiger partial charge in [-0.3, -0.25) is 0 Å². The molecule has 5 aromatic rings. The van der Waals surface area contributed by atoms with E-state index in [9.17, 15) is 0 Å². The van der Waals surface area contributed by atoms with E-state index in [0.717, 1.165) is 31.5 Å². The van der Waals surface area contributed by atoms with Crippen LogP contribution in [-0.2, 0) is 0 Å². The van der Waals surface area contributed by atoms with E-state index in [4.69, 9.17) is 0 Å². The molecule has 2 aliphatic carbocycles. The molecule has 3 atom stereocenters. The molecule has 54 heavy (non-hydrogen) atoms. The van der Waals surface area contributed by atoms with Crippen molar-refractivity contribution in [2.75, 3.05) is 16.8 Å². The molecule has 0 saturated carbocycles. The molecule has 2 heteroatoms. The maximum absolute atomic E-state index is 4.01. The number of benzene rings is 5. The monoisotopic (exact) mass is 702 g/mol. The van der Waals surface area contributed by atoms with Gasteiger partial charge in [-0.2, -0.15) is 0 Å². The Morgan fingerprint density at radius 3 is 2.09 bits per heavy atom. The lowest BCUT2D eigenvalue weighted by Crippen LogP contribution is -2.45. The van der Waals surface area contributed by atoms with Crippen molar-refractivity contribution in [3.05, 3.63) is 203 Å². The van der Waals surface area contributed by atoms with Gasteiger partial charge in [0.1, 0.15) is 0 Å². The predicted octanol–water partition coefficient (Wildman–Crippen LogP) is 11.5. The molecule has 1 heterocycles. The molecule has 1 aliphatic heterocycles. The maximum Gasteiger partial charge on any atom is 0.0496 e. The second kappa shape index (κ2) is 16.0. The molecule has 8 rings (SSSR count). The number of nitrogens with zero attached hydrogens (tertiary/aromatic N) is 1. The number of anilines is 2. The van der Waals surface area contributed by atoms with Crippen LogP contribution in [0.15, 0.2) is 193 Å². The molecule has 1 N–H and O–H groups in total. The summed E-state index contributed by atoms with van der Waals surface area (Å²) in [4.78, 5) is 2.59. The molecule has 0 radical (unpaired) electrons. The Morgan fingerprint density at radius 2 is 1.35 bits per heavy atom. The van der Waals surface area contributed by atoms with Crippen molar-refractivity contribution in [3.63, 3.8) is 0 Å². The fraction of sp³-hybridized carbons (Fsp3) is 0.192. The quantitative estimate of drug-likeness (QED) is 0.182. The zero-order valence-corrected chi connectivity index (χ0v) is 31.8. The van der Waals surface area contributed by atoms with Gasteiger partial charge in [0.15, 0.2) is 0 Å². The smallest absolute Gasteiger partial charge is 0.0496 e. The summed E-state index contributed by atoms with van der Waals surface area (Å²) in [5.41, 5.74) is 14.3. The van der Waals surface area contributed by atoms with Crippen LogP contribution in [0.2, 0.25) is 0 Å². The standard InChI is InChI=1S/C52H50N2/c1-4-39-34-45(51-36-44-18-11-12-23-48(44)49-24-13-14-25-50(49)51)32-33-54(47-21-9-6-10-22-47)38(3)52(31-26-37(39)2)53-46-29-27-41(28-30-46)43-20-15-19-42(35-43)40-16-7-5-8-17-40/h5-30,32,34-35,38,44,52-53H,4,31,33,36H2,1-3H3/b37-26?,39-34?,45-32+. The highest BCUT2D eigenvalue weighted by atomic mass is 15.2. The lowest BCUT2D eigenvalue weighted by molar-refractivity contribution is 0.557. The zero-order valence-electron chi connectivity index (χ0n) is 31.8. The van der Waals surface area contributed by atoms with E-state index in [2.05, 4.69) is 207 Å². The van der Waals surface area contributed by atoms with Crippen molar-refractivity contribution >= 4 is 22.5 Å². The van der Waals surface area contributed by atoms with Gasteiger partial charge < -0.3 is 10.2 Å². The molecule has 0 saturated heterocycles. The Kier molecular flexibility index (Phi) is 10.4. The van der Waals surface area contributed by atoms with Crippen LogP contribution >= 0.6 is 0 Å². The molecule has 0 aromatic heterocycles. The Morgan fingerprint density at radius 1 is 0.685 bits per heavy atom. The number of hydrogen-bond acceptors (Lipinski definition) is 2. The molecule has 5 aromatic carbocycles. The molecule has 0 spiro atoms. The summed E-state index contributed by atoms with van der Waals surface area (Å²) in [6, 6.07) is 48.8. The van der Waals surface area contributed by atoms with Crippen LogP contribution in [-0.4, -0.2) is 18.6 Å². The Labute approximate surface area is 321 Å². The SMILES string of the molecule is CCC1=C/C(C2=c3ccccc3=C3C=CC=CC3C2)=C\CN(c2ccccc2)C(C)C(Nc2ccc(-c3cccc(-c4ccccc4)c3)cc2)CC=C1C. The first-order valence-electron chi connectivity index (χ1n) is 19.7. The van der Waals surface area contributed by atoms with Crippen molar-refractivity contribution in [1.82, 2.24) is 0 Å². The summed E-state index contributed by atoms with van der Waals surface area (Å²) in [7, 11) is 0. The van der Waals surface area contributed by atoms with E-state index in [1.54, 1.807) is 0 Å². The highest BCUT2D eigenvalue weighted by Crippen LogP contribution is 2.34. The van der Waals surface area contributed by atoms with Gasteiger partial charge in [-0.25, -0.2) is 0 Å². The Balaban J connectivity index is 1.15. The average Bonchev–Trinajstić information content (AvgIpc) is 3.25. The summed E-state index contributed by atoms with van der Waals surface area (Å²) >= 11 is 0. The highest BCUT2D eigenvalue weighted by Gasteiger charge is 2.26. The lowest BCUT2D eigenvalue weighted by Gasteiger charge is -2.37. The first-order valence-corrected chi connectivity index (χ1v) is 19.7. The topological polar surface area (TPSA) is 15.3 Å². The van der Waals surface area contributed by atoms with Crippen LogP contribution in [0.5, 0.6) is 0 Å². The third-order valence-corrected chi connectivity index (χ3v) is 11.6. The van der Waals surface area contributed by atoms with Crippen LogP contribution in [0.4, 0.5) is 11.4 Å². The normalized spacial score (nSPS) is 20.8. The molecule has 0 fully saturated rings. The second-order valence-electron chi connectivity index (χ2n) is 14.8. The number of rotatable bonds is 7. The molecular formula is C52H50N2. The minimum absolute atomic E-state index is 0.180. The van der Waals surface area contributed by atoms with E-state index in [-0.39, 0.29) is 12.1 Å². The summed E-state index contributed by atoms with van der Waals surface area (Å²) in [6.45, 7) is 7.80. The highest BCUT2D eigenvalue weighted by molar-refractivity contribution is 5.78. The van der Waals surface area contributed by atoms with Crippen LogP contribution in [0, 0.1) is 5.92 Å². The minimum Gasteiger partial charge on any atom is -0.380 e. The summed E-state index contributed by atoms with van der Waals surface area (Å²) in [5.74, 6) is 0.394. The lowest BCUT2D eigenvalue weighted by atomic mass is 9.79. The van der Waals surface area contributed by atoms with Crippen LogP contribution < -0.4 is 20.7 Å². The van der Waals surface area contributed by atoms with Gasteiger partial charge in [0.25, 0.3) is 0 Å². The fourth-order valence-electron chi connectivity index (χ4n) is 8.44. The van der Waals surface area contributed by atoms with Gasteiger partial charge in [-0.15, -0.1) is 0 Å². The minimum atomic E-state index is 0.180. The van der Waals surface area contributed by atoms with Crippen molar-refractivity contribution in [2.24, 2.45) is 5.92 Å². The van der Waals surface area contributed by atoms with E-state index >= 15 is 0 Å². The fourth-order valence-corrected chi connectivity index (χ4v) is 8.44. The Hall–Kier alpha value is -5.86. The van der Waals surface area contributed by atoms with Crippen molar-refractivity contribution in [2.45, 2.75) is 52.1 Å². The van der Waals surface area contributed by atoms with E-state index in [0.29, 0.717) is 5.92 Å². The van der Waals surface area contributed by atoms with Gasteiger partial charge in [-0.05, 0) is 118 Å². The number of nitrogens with one attached hydrogen (secondary N) is 1. The molecule has 2 nitrogen and oxygen atoms in total. The molecule has 3 unspecified atom stereocenters. The molecule has 0 amide bonds. The first kappa shape index (κ1) is 35.2. The van der Waals surface area contributed by atoms with E-state index in [1.165, 1.54) is 66.2 Å². The molecule has 0 bridgehead atoms. The number of hydrogen-bond donors (Lipinski definition) is 1. The Bertz CT molecular complexity index is 2390. The summed E-state index contributed by atoms with van der Waals surface area (Å²) in [5, 5.41) is 6.74. The van der Waals surface area contributed by atoms with Gasteiger partial charge in [0, 0.05) is 35.9 Å². The molecular weight excluding hydrogens is 653 g/mol. The van der Waals surface area contributed by atoms with E-state index in [1.807, 2.05) is 0 Å². The number of fused-ring (bicyclic) bond motifs is 2. The maximum atomic E-state index is 4.01. The van der Waals surface area contributed by atoms with Crippen molar-refractivity contribution in [3.8, 4) is 22.3 Å². The largest absolute Gasteiger partial charge is 0.380 e. The van der Waals surface area contributed by atoms with E-state index < -0.39 is 0 Å². The van der Waals surface area contributed by atoms with Crippen LogP contribution in [0.25, 0.3) is 33.4 Å². The van der Waals surface area contributed by atoms with Crippen molar-refractivity contribution in [1.29, 1.82) is 0 Å².